The number of hydrogen-bond donors (Lipinski definition) is 0. The van der Waals surface area contributed by atoms with Gasteiger partial charge < -0.3 is 0 Å². The summed E-state index contributed by atoms with van der Waals surface area (Å²) in [4.78, 5) is 0. The first-order valence-corrected chi connectivity index (χ1v) is 20.1. The minimum absolute atomic E-state index is 0.683. The Balaban J connectivity index is 2.01. The first-order valence-electron chi connectivity index (χ1n) is 18.4. The van der Waals surface area contributed by atoms with Crippen molar-refractivity contribution in [2.24, 2.45) is 0 Å². The van der Waals surface area contributed by atoms with Crippen molar-refractivity contribution in [2.75, 3.05) is 13.2 Å². The second-order valence-electron chi connectivity index (χ2n) is 12.5. The molecule has 0 aliphatic heterocycles. The van der Waals surface area contributed by atoms with E-state index in [0.717, 1.165) is 30.3 Å². The average molecular weight is 615 g/mol. The molecule has 0 atom stereocenters. The van der Waals surface area contributed by atoms with Crippen LogP contribution in [0.1, 0.15) is 161 Å². The van der Waals surface area contributed by atoms with Crippen molar-refractivity contribution in [3.63, 3.8) is 0 Å². The van der Waals surface area contributed by atoms with Gasteiger partial charge in [0.1, 0.15) is 0 Å². The molecule has 0 heterocycles. The summed E-state index contributed by atoms with van der Waals surface area (Å²) in [5, 5.41) is 1.06. The van der Waals surface area contributed by atoms with Gasteiger partial charge in [-0.3, -0.25) is 0 Å². The van der Waals surface area contributed by atoms with Crippen molar-refractivity contribution >= 4 is 13.2 Å². The average Bonchev–Trinajstić information content (AvgIpc) is 3.04. The van der Waals surface area contributed by atoms with Crippen LogP contribution in [0.3, 0.4) is 0 Å². The summed E-state index contributed by atoms with van der Waals surface area (Å²) < 4.78 is 20.3. The van der Waals surface area contributed by atoms with Crippen LogP contribution in [0.4, 0.5) is 0 Å². The predicted molar refractivity (Wildman–Crippen MR) is 191 cm³/mol. The van der Waals surface area contributed by atoms with Gasteiger partial charge in [0.05, 0.1) is 0 Å². The van der Waals surface area contributed by atoms with Gasteiger partial charge in [-0.15, -0.1) is 0 Å². The summed E-state index contributed by atoms with van der Waals surface area (Å²) in [5.41, 5.74) is 1.39. The summed E-state index contributed by atoms with van der Waals surface area (Å²) in [6.07, 6.45) is 28.2. The first-order chi connectivity index (χ1) is 21.2. The summed E-state index contributed by atoms with van der Waals surface area (Å²) in [6.45, 7) is 8.20. The van der Waals surface area contributed by atoms with E-state index in [0.29, 0.717) is 13.2 Å². The Morgan fingerprint density at radius 1 is 0.442 bits per heavy atom. The molecule has 0 bridgehead atoms. The predicted octanol–water partition coefficient (Wildman–Crippen LogP) is 12.7. The Labute approximate surface area is 267 Å². The summed E-state index contributed by atoms with van der Waals surface area (Å²) in [7, 11) is -3.14. The van der Waals surface area contributed by atoms with Crippen LogP contribution < -0.4 is 9.83 Å². The third-order valence-corrected chi connectivity index (χ3v) is 11.2. The number of rotatable bonds is 29. The first kappa shape index (κ1) is 37.8. The number of hydrogen-bond acceptors (Lipinski definition) is 3. The van der Waals surface area contributed by atoms with E-state index in [2.05, 4.69) is 75.4 Å². The normalized spacial score (nSPS) is 12.1. The fraction of sp³-hybridized carbons (Fsp3) is 0.692. The molecule has 2 rings (SSSR count). The Hall–Kier alpha value is -1.41. The third-order valence-electron chi connectivity index (χ3n) is 8.45. The van der Waals surface area contributed by atoms with E-state index in [1.54, 1.807) is 0 Å². The third kappa shape index (κ3) is 17.6. The van der Waals surface area contributed by atoms with Crippen molar-refractivity contribution in [3.8, 4) is 5.75 Å². The molecule has 0 saturated heterocycles. The fourth-order valence-electron chi connectivity index (χ4n) is 5.67. The fourth-order valence-corrected chi connectivity index (χ4v) is 8.19. The molecule has 0 N–H and O–H groups in total. The van der Waals surface area contributed by atoms with E-state index in [-0.39, 0.29) is 0 Å². The van der Waals surface area contributed by atoms with Crippen molar-refractivity contribution in [1.29, 1.82) is 0 Å². The molecule has 0 aromatic heterocycles. The molecular formula is C39H67O3P. The zero-order valence-electron chi connectivity index (χ0n) is 28.4. The molecule has 0 aliphatic carbocycles. The van der Waals surface area contributed by atoms with Crippen molar-refractivity contribution in [2.45, 2.75) is 162 Å². The van der Waals surface area contributed by atoms with Crippen LogP contribution in [-0.4, -0.2) is 13.2 Å². The second kappa shape index (κ2) is 25.9. The van der Waals surface area contributed by atoms with Gasteiger partial charge >= 0.3 is 255 Å². The molecule has 0 radical (unpaired) electrons. The summed E-state index contributed by atoms with van der Waals surface area (Å²) in [5.74, 6) is 0.859. The molecule has 0 amide bonds. The Morgan fingerprint density at radius 2 is 0.860 bits per heavy atom. The molecule has 246 valence electrons. The van der Waals surface area contributed by atoms with Gasteiger partial charge in [-0.1, -0.05) is 13.3 Å². The topological polar surface area (TPSA) is 27.7 Å². The Bertz CT molecular complexity index is 850. The molecule has 43 heavy (non-hydrogen) atoms. The van der Waals surface area contributed by atoms with Crippen LogP contribution >= 0.6 is 7.94 Å². The molecule has 4 heteroatoms. The SMILES string of the molecule is CCCCCCCCCO[PH](OCCCCCCCCC)(Oc1ccc(CCCCCCCCC)cc1)c1ccccc1. The van der Waals surface area contributed by atoms with Crippen molar-refractivity contribution in [1.82, 2.24) is 0 Å². The van der Waals surface area contributed by atoms with Crippen LogP contribution in [0.2, 0.25) is 0 Å². The molecule has 2 aromatic carbocycles. The van der Waals surface area contributed by atoms with Gasteiger partial charge in [0.25, 0.3) is 0 Å². The molecule has 0 saturated carbocycles. The monoisotopic (exact) mass is 614 g/mol. The molecule has 0 unspecified atom stereocenters. The van der Waals surface area contributed by atoms with Crippen LogP contribution in [0.5, 0.6) is 5.75 Å². The quantitative estimate of drug-likeness (QED) is 0.0674. The van der Waals surface area contributed by atoms with Crippen molar-refractivity contribution < 1.29 is 13.6 Å². The maximum absolute atomic E-state index is 6.84. The molecular weight excluding hydrogens is 547 g/mol. The van der Waals surface area contributed by atoms with Crippen LogP contribution in [0.25, 0.3) is 0 Å². The Morgan fingerprint density at radius 3 is 1.33 bits per heavy atom. The zero-order chi connectivity index (χ0) is 30.7. The zero-order valence-corrected chi connectivity index (χ0v) is 29.4. The Kier molecular flexibility index (Phi) is 22.7. The molecule has 0 fully saturated rings. The standard InChI is InChI=1S/C39H67O3P/c1-4-7-10-13-16-19-23-28-37-31-33-38(34-32-37)42-43(39-29-24-22-25-30-39,40-35-26-20-17-14-11-8-5-2)41-36-27-21-18-15-12-9-6-3/h22,24-25,29-34,43H,4-21,23,26-28,35-36H2,1-3H3. The van der Waals surface area contributed by atoms with Gasteiger partial charge in [0.15, 0.2) is 0 Å². The van der Waals surface area contributed by atoms with E-state index in [9.17, 15) is 0 Å². The molecule has 0 aliphatic rings. The van der Waals surface area contributed by atoms with E-state index >= 15 is 0 Å². The van der Waals surface area contributed by atoms with E-state index < -0.39 is 7.94 Å². The number of benzene rings is 2. The van der Waals surface area contributed by atoms with Gasteiger partial charge in [0.2, 0.25) is 0 Å². The second-order valence-corrected chi connectivity index (χ2v) is 15.0. The maximum atomic E-state index is 6.84. The summed E-state index contributed by atoms with van der Waals surface area (Å²) >= 11 is 0. The number of unbranched alkanes of at least 4 members (excludes halogenated alkanes) is 18. The molecule has 3 nitrogen and oxygen atoms in total. The molecule has 2 aromatic rings. The van der Waals surface area contributed by atoms with Crippen molar-refractivity contribution in [3.05, 3.63) is 60.2 Å². The van der Waals surface area contributed by atoms with Gasteiger partial charge in [0, 0.05) is 0 Å². The van der Waals surface area contributed by atoms with Gasteiger partial charge in [-0.25, -0.2) is 0 Å². The summed E-state index contributed by atoms with van der Waals surface area (Å²) in [6, 6.07) is 19.2. The van der Waals surface area contributed by atoms with Crippen LogP contribution in [0, 0.1) is 0 Å². The van der Waals surface area contributed by atoms with E-state index in [1.165, 1.54) is 128 Å². The van der Waals surface area contributed by atoms with Crippen LogP contribution in [-0.2, 0) is 15.5 Å². The van der Waals surface area contributed by atoms with Crippen LogP contribution in [0.15, 0.2) is 54.6 Å². The molecule has 0 spiro atoms. The van der Waals surface area contributed by atoms with Gasteiger partial charge in [-0.05, 0) is 0 Å². The minimum atomic E-state index is -3.14. The van der Waals surface area contributed by atoms with E-state index in [1.807, 2.05) is 0 Å². The van der Waals surface area contributed by atoms with E-state index in [4.69, 9.17) is 13.6 Å². The van der Waals surface area contributed by atoms with Gasteiger partial charge in [-0.2, -0.15) is 0 Å². The number of aryl methyl sites for hydroxylation is 1.